The van der Waals surface area contributed by atoms with Crippen LogP contribution in [0.4, 0.5) is 22.0 Å². The lowest BCUT2D eigenvalue weighted by atomic mass is 10.2. The van der Waals surface area contributed by atoms with E-state index in [9.17, 15) is 4.39 Å². The maximum absolute atomic E-state index is 13.8. The van der Waals surface area contributed by atoms with Gasteiger partial charge in [0.05, 0.1) is 23.4 Å². The quantitative estimate of drug-likeness (QED) is 0.885. The Morgan fingerprint density at radius 3 is 2.71 bits per heavy atom. The van der Waals surface area contributed by atoms with Gasteiger partial charge in [0.2, 0.25) is 11.9 Å². The van der Waals surface area contributed by atoms with Crippen molar-refractivity contribution in [3.8, 4) is 12.1 Å². The van der Waals surface area contributed by atoms with E-state index in [-0.39, 0.29) is 35.3 Å². The van der Waals surface area contributed by atoms with Gasteiger partial charge < -0.3 is 15.8 Å². The van der Waals surface area contributed by atoms with Crippen molar-refractivity contribution in [1.29, 1.82) is 5.26 Å². The molecule has 1 heterocycles. The molecule has 3 N–H and O–H groups in total. The van der Waals surface area contributed by atoms with Crippen LogP contribution < -0.4 is 15.8 Å². The van der Waals surface area contributed by atoms with E-state index in [0.717, 1.165) is 6.07 Å². The molecule has 0 spiro atoms. The van der Waals surface area contributed by atoms with Crippen LogP contribution in [0.1, 0.15) is 19.4 Å². The Hall–Kier alpha value is -2.95. The summed E-state index contributed by atoms with van der Waals surface area (Å²) < 4.78 is 19.1. The van der Waals surface area contributed by atoms with Gasteiger partial charge in [0.15, 0.2) is 0 Å². The lowest BCUT2D eigenvalue weighted by Gasteiger charge is -2.10. The lowest BCUT2D eigenvalue weighted by Crippen LogP contribution is -2.12. The van der Waals surface area contributed by atoms with Crippen molar-refractivity contribution in [2.75, 3.05) is 11.1 Å². The van der Waals surface area contributed by atoms with Gasteiger partial charge in [0, 0.05) is 0 Å². The third kappa shape index (κ3) is 3.76. The molecule has 21 heavy (non-hydrogen) atoms. The predicted molar refractivity (Wildman–Crippen MR) is 74.4 cm³/mol. The average molecular weight is 288 g/mol. The standard InChI is InChI=1S/C13H13FN6O/c1-7(2)21-13-19-11(16)18-12(20-13)17-10-4-3-8(6-15)5-9(10)14/h3-5,7H,1-2H3,(H3,16,17,18,19,20). The Labute approximate surface area is 120 Å². The number of nitriles is 1. The molecule has 0 bridgehead atoms. The van der Waals surface area contributed by atoms with Crippen molar-refractivity contribution in [3.63, 3.8) is 0 Å². The van der Waals surface area contributed by atoms with Crippen molar-refractivity contribution < 1.29 is 9.13 Å². The zero-order chi connectivity index (χ0) is 15.4. The molecule has 2 rings (SSSR count). The third-order valence-electron chi connectivity index (χ3n) is 2.32. The predicted octanol–water partition coefficient (Wildman–Crippen LogP) is 2.00. The second-order valence-corrected chi connectivity index (χ2v) is 4.40. The summed E-state index contributed by atoms with van der Waals surface area (Å²) in [5, 5.41) is 11.4. The van der Waals surface area contributed by atoms with Crippen LogP contribution in [0.15, 0.2) is 18.2 Å². The first-order valence-corrected chi connectivity index (χ1v) is 6.13. The normalized spacial score (nSPS) is 10.2. The van der Waals surface area contributed by atoms with E-state index >= 15 is 0 Å². The molecule has 1 aromatic carbocycles. The molecule has 0 aliphatic heterocycles. The smallest absolute Gasteiger partial charge is 0.323 e. The molecule has 0 radical (unpaired) electrons. The fraction of sp³-hybridized carbons (Fsp3) is 0.231. The van der Waals surface area contributed by atoms with Crippen LogP contribution in [0, 0.1) is 17.1 Å². The first kappa shape index (κ1) is 14.5. The van der Waals surface area contributed by atoms with Crippen LogP contribution in [-0.4, -0.2) is 21.1 Å². The summed E-state index contributed by atoms with van der Waals surface area (Å²) in [5.74, 6) is -0.585. The Bertz CT molecular complexity index is 698. The van der Waals surface area contributed by atoms with Crippen LogP contribution in [0.3, 0.4) is 0 Å². The zero-order valence-corrected chi connectivity index (χ0v) is 11.5. The molecule has 0 unspecified atom stereocenters. The molecule has 108 valence electrons. The first-order valence-electron chi connectivity index (χ1n) is 6.13. The van der Waals surface area contributed by atoms with E-state index < -0.39 is 5.82 Å². The number of benzene rings is 1. The molecule has 0 aliphatic carbocycles. The monoisotopic (exact) mass is 288 g/mol. The summed E-state index contributed by atoms with van der Waals surface area (Å²) >= 11 is 0. The topological polar surface area (TPSA) is 110 Å². The van der Waals surface area contributed by atoms with Gasteiger partial charge in [-0.15, -0.1) is 0 Å². The van der Waals surface area contributed by atoms with Crippen LogP contribution in [0.5, 0.6) is 6.01 Å². The van der Waals surface area contributed by atoms with E-state index in [1.807, 2.05) is 19.9 Å². The summed E-state index contributed by atoms with van der Waals surface area (Å²) in [6.07, 6.45) is -0.133. The van der Waals surface area contributed by atoms with Gasteiger partial charge in [0.25, 0.3) is 0 Å². The number of anilines is 3. The summed E-state index contributed by atoms with van der Waals surface area (Å²) in [4.78, 5) is 11.7. The van der Waals surface area contributed by atoms with E-state index in [2.05, 4.69) is 20.3 Å². The van der Waals surface area contributed by atoms with E-state index in [1.165, 1.54) is 12.1 Å². The third-order valence-corrected chi connectivity index (χ3v) is 2.32. The van der Waals surface area contributed by atoms with Gasteiger partial charge in [-0.2, -0.15) is 20.2 Å². The molecule has 0 amide bonds. The molecule has 0 saturated carbocycles. The maximum atomic E-state index is 13.8. The van der Waals surface area contributed by atoms with Crippen molar-refractivity contribution in [1.82, 2.24) is 15.0 Å². The molecule has 1 aromatic heterocycles. The summed E-state index contributed by atoms with van der Waals surface area (Å²) in [7, 11) is 0. The highest BCUT2D eigenvalue weighted by Gasteiger charge is 2.10. The molecular weight excluding hydrogens is 275 g/mol. The molecule has 0 saturated heterocycles. The number of halogens is 1. The van der Waals surface area contributed by atoms with Crippen molar-refractivity contribution in [2.24, 2.45) is 0 Å². The molecule has 8 heteroatoms. The minimum Gasteiger partial charge on any atom is -0.461 e. The number of nitrogens with zero attached hydrogens (tertiary/aromatic N) is 4. The van der Waals surface area contributed by atoms with Gasteiger partial charge in [-0.25, -0.2) is 4.39 Å². The van der Waals surface area contributed by atoms with Gasteiger partial charge >= 0.3 is 6.01 Å². The zero-order valence-electron chi connectivity index (χ0n) is 11.5. The largest absolute Gasteiger partial charge is 0.461 e. The molecule has 2 aromatic rings. The first-order chi connectivity index (χ1) is 9.97. The molecule has 0 atom stereocenters. The average Bonchev–Trinajstić information content (AvgIpc) is 2.39. The number of rotatable bonds is 4. The van der Waals surface area contributed by atoms with Gasteiger partial charge in [-0.3, -0.25) is 0 Å². The van der Waals surface area contributed by atoms with Gasteiger partial charge in [-0.1, -0.05) is 0 Å². The second-order valence-electron chi connectivity index (χ2n) is 4.40. The van der Waals surface area contributed by atoms with Crippen molar-refractivity contribution in [2.45, 2.75) is 20.0 Å². The molecule has 7 nitrogen and oxygen atoms in total. The molecular formula is C13H13FN6O. The number of ether oxygens (including phenoxy) is 1. The number of nitrogens with two attached hydrogens (primary N) is 1. The van der Waals surface area contributed by atoms with Gasteiger partial charge in [-0.05, 0) is 32.0 Å². The second kappa shape index (κ2) is 6.00. The number of hydrogen-bond donors (Lipinski definition) is 2. The summed E-state index contributed by atoms with van der Waals surface area (Å²) in [5.41, 5.74) is 5.89. The number of hydrogen-bond acceptors (Lipinski definition) is 7. The summed E-state index contributed by atoms with van der Waals surface area (Å²) in [6.45, 7) is 3.63. The highest BCUT2D eigenvalue weighted by atomic mass is 19.1. The Morgan fingerprint density at radius 2 is 2.10 bits per heavy atom. The Morgan fingerprint density at radius 1 is 1.33 bits per heavy atom. The van der Waals surface area contributed by atoms with Crippen LogP contribution in [-0.2, 0) is 0 Å². The fourth-order valence-corrected chi connectivity index (χ4v) is 1.50. The highest BCUT2D eigenvalue weighted by Crippen LogP contribution is 2.20. The van der Waals surface area contributed by atoms with E-state index in [1.54, 1.807) is 0 Å². The summed E-state index contributed by atoms with van der Waals surface area (Å²) in [6, 6.07) is 5.90. The number of nitrogens with one attached hydrogen (secondary N) is 1. The van der Waals surface area contributed by atoms with Crippen LogP contribution in [0.25, 0.3) is 0 Å². The minimum absolute atomic E-state index is 0.0443. The van der Waals surface area contributed by atoms with Gasteiger partial charge in [0.1, 0.15) is 5.82 Å². The molecule has 0 aliphatic rings. The van der Waals surface area contributed by atoms with Crippen molar-refractivity contribution in [3.05, 3.63) is 29.6 Å². The fourth-order valence-electron chi connectivity index (χ4n) is 1.50. The Balaban J connectivity index is 2.27. The highest BCUT2D eigenvalue weighted by molar-refractivity contribution is 5.56. The van der Waals surface area contributed by atoms with E-state index in [0.29, 0.717) is 0 Å². The number of nitrogen functional groups attached to an aromatic ring is 1. The maximum Gasteiger partial charge on any atom is 0.323 e. The van der Waals surface area contributed by atoms with Crippen molar-refractivity contribution >= 4 is 17.6 Å². The SMILES string of the molecule is CC(C)Oc1nc(N)nc(Nc2ccc(C#N)cc2F)n1. The Kier molecular flexibility index (Phi) is 4.13. The van der Waals surface area contributed by atoms with Crippen LogP contribution in [0.2, 0.25) is 0 Å². The minimum atomic E-state index is -0.598. The van der Waals surface area contributed by atoms with Crippen LogP contribution >= 0.6 is 0 Å². The van der Waals surface area contributed by atoms with E-state index in [4.69, 9.17) is 15.7 Å². The lowest BCUT2D eigenvalue weighted by molar-refractivity contribution is 0.222. The molecule has 0 fully saturated rings. The number of aromatic nitrogens is 3.